The van der Waals surface area contributed by atoms with Gasteiger partial charge in [-0.2, -0.15) is 5.10 Å². The molecule has 0 spiro atoms. The predicted molar refractivity (Wildman–Crippen MR) is 113 cm³/mol. The molecule has 31 heavy (non-hydrogen) atoms. The van der Waals surface area contributed by atoms with Gasteiger partial charge in [0.25, 0.3) is 0 Å². The maximum Gasteiger partial charge on any atom is 0.356 e. The minimum absolute atomic E-state index is 0.252. The smallest absolute Gasteiger partial charge is 0.356 e. The lowest BCUT2D eigenvalue weighted by Gasteiger charge is -2.28. The molecule has 3 aromatic rings. The van der Waals surface area contributed by atoms with Gasteiger partial charge in [0.15, 0.2) is 11.3 Å². The van der Waals surface area contributed by atoms with Gasteiger partial charge in [-0.25, -0.2) is 18.9 Å². The fourth-order valence-electron chi connectivity index (χ4n) is 4.28. The maximum atomic E-state index is 13.5. The Morgan fingerprint density at radius 1 is 1.23 bits per heavy atom. The Bertz CT molecular complexity index is 1100. The summed E-state index contributed by atoms with van der Waals surface area (Å²) in [5, 5.41) is 5.92. The van der Waals surface area contributed by atoms with E-state index in [4.69, 9.17) is 14.6 Å². The van der Waals surface area contributed by atoms with E-state index in [0.717, 1.165) is 42.6 Å². The SMILES string of the molecule is COC(=O)c1cc(CN2CCOCC2)c2c(C3CCC3)nn(-c3ccc(F)cc3)c2n1. The zero-order valence-electron chi connectivity index (χ0n) is 17.5. The molecular weight excluding hydrogens is 399 g/mol. The quantitative estimate of drug-likeness (QED) is 0.585. The van der Waals surface area contributed by atoms with Gasteiger partial charge in [-0.1, -0.05) is 6.42 Å². The Hall–Kier alpha value is -2.84. The summed E-state index contributed by atoms with van der Waals surface area (Å²) in [4.78, 5) is 19.4. The van der Waals surface area contributed by atoms with E-state index < -0.39 is 5.97 Å². The van der Waals surface area contributed by atoms with Crippen molar-refractivity contribution in [3.8, 4) is 5.69 Å². The van der Waals surface area contributed by atoms with Crippen LogP contribution in [0.4, 0.5) is 4.39 Å². The van der Waals surface area contributed by atoms with Gasteiger partial charge >= 0.3 is 5.97 Å². The van der Waals surface area contributed by atoms with Gasteiger partial charge < -0.3 is 9.47 Å². The van der Waals surface area contributed by atoms with E-state index in [9.17, 15) is 9.18 Å². The number of fused-ring (bicyclic) bond motifs is 1. The number of methoxy groups -OCH3 is 1. The number of morpholine rings is 1. The summed E-state index contributed by atoms with van der Waals surface area (Å²) in [5.41, 5.74) is 3.60. The first-order valence-electron chi connectivity index (χ1n) is 10.7. The number of halogens is 1. The molecule has 0 amide bonds. The Balaban J connectivity index is 1.70. The second-order valence-corrected chi connectivity index (χ2v) is 8.15. The monoisotopic (exact) mass is 424 g/mol. The molecule has 1 aliphatic heterocycles. The first-order valence-corrected chi connectivity index (χ1v) is 10.7. The molecular formula is C23H25FN4O3. The fourth-order valence-corrected chi connectivity index (χ4v) is 4.28. The average molecular weight is 424 g/mol. The largest absolute Gasteiger partial charge is 0.464 e. The third-order valence-electron chi connectivity index (χ3n) is 6.20. The molecule has 7 nitrogen and oxygen atoms in total. The van der Waals surface area contributed by atoms with Crippen LogP contribution in [0.1, 0.15) is 46.9 Å². The molecule has 8 heteroatoms. The van der Waals surface area contributed by atoms with E-state index in [1.165, 1.54) is 25.7 Å². The number of benzene rings is 1. The number of hydrogen-bond donors (Lipinski definition) is 0. The molecule has 2 aliphatic rings. The van der Waals surface area contributed by atoms with Crippen molar-refractivity contribution in [2.75, 3.05) is 33.4 Å². The van der Waals surface area contributed by atoms with Gasteiger partial charge in [0, 0.05) is 30.9 Å². The number of carbonyl (C=O) groups is 1. The minimum atomic E-state index is -0.484. The van der Waals surface area contributed by atoms with Gasteiger partial charge in [0.1, 0.15) is 5.82 Å². The van der Waals surface area contributed by atoms with Crippen molar-refractivity contribution >= 4 is 17.0 Å². The van der Waals surface area contributed by atoms with Gasteiger partial charge in [-0.15, -0.1) is 0 Å². The Labute approximate surface area is 179 Å². The van der Waals surface area contributed by atoms with Crippen molar-refractivity contribution in [2.24, 2.45) is 0 Å². The lowest BCUT2D eigenvalue weighted by Crippen LogP contribution is -2.35. The molecule has 0 bridgehead atoms. The van der Waals surface area contributed by atoms with Crippen LogP contribution in [-0.2, 0) is 16.0 Å². The van der Waals surface area contributed by atoms with E-state index in [1.54, 1.807) is 16.8 Å². The van der Waals surface area contributed by atoms with Gasteiger partial charge in [-0.05, 0) is 48.7 Å². The van der Waals surface area contributed by atoms with Crippen LogP contribution in [0.15, 0.2) is 30.3 Å². The van der Waals surface area contributed by atoms with Crippen LogP contribution in [0.5, 0.6) is 0 Å². The number of hydrogen-bond acceptors (Lipinski definition) is 6. The van der Waals surface area contributed by atoms with Crippen LogP contribution in [-0.4, -0.2) is 59.0 Å². The highest BCUT2D eigenvalue weighted by Crippen LogP contribution is 2.40. The summed E-state index contributed by atoms with van der Waals surface area (Å²) in [6, 6.07) is 8.01. The number of esters is 1. The number of aromatic nitrogens is 3. The first-order chi connectivity index (χ1) is 15.1. The molecule has 1 aliphatic carbocycles. The standard InChI is InChI=1S/C23H25FN4O3/c1-30-23(29)19-13-16(14-27-9-11-31-12-10-27)20-21(15-3-2-4-15)26-28(22(20)25-19)18-7-5-17(24)6-8-18/h5-8,13,15H,2-4,9-12,14H2,1H3. The van der Waals surface area contributed by atoms with Gasteiger partial charge in [-0.3, -0.25) is 4.90 Å². The van der Waals surface area contributed by atoms with Crippen molar-refractivity contribution in [3.05, 3.63) is 53.1 Å². The molecule has 1 aromatic carbocycles. The van der Waals surface area contributed by atoms with Crippen LogP contribution in [0, 0.1) is 5.82 Å². The van der Waals surface area contributed by atoms with E-state index in [1.807, 2.05) is 6.07 Å². The van der Waals surface area contributed by atoms with E-state index in [2.05, 4.69) is 9.88 Å². The van der Waals surface area contributed by atoms with Crippen molar-refractivity contribution < 1.29 is 18.7 Å². The highest BCUT2D eigenvalue weighted by Gasteiger charge is 2.29. The maximum absolute atomic E-state index is 13.5. The summed E-state index contributed by atoms with van der Waals surface area (Å²) >= 11 is 0. The second-order valence-electron chi connectivity index (χ2n) is 8.15. The Kier molecular flexibility index (Phi) is 5.41. The molecule has 1 saturated heterocycles. The van der Waals surface area contributed by atoms with Crippen LogP contribution in [0.25, 0.3) is 16.7 Å². The number of nitrogens with zero attached hydrogens (tertiary/aromatic N) is 4. The molecule has 1 saturated carbocycles. The number of ether oxygens (including phenoxy) is 2. The molecule has 0 radical (unpaired) electrons. The van der Waals surface area contributed by atoms with E-state index in [0.29, 0.717) is 37.0 Å². The molecule has 0 unspecified atom stereocenters. The van der Waals surface area contributed by atoms with Crippen molar-refractivity contribution in [3.63, 3.8) is 0 Å². The zero-order valence-corrected chi connectivity index (χ0v) is 17.5. The molecule has 0 N–H and O–H groups in total. The molecule has 162 valence electrons. The summed E-state index contributed by atoms with van der Waals surface area (Å²) < 4.78 is 25.7. The molecule has 3 heterocycles. The topological polar surface area (TPSA) is 69.5 Å². The minimum Gasteiger partial charge on any atom is -0.464 e. The summed E-state index contributed by atoms with van der Waals surface area (Å²) in [6.45, 7) is 3.75. The summed E-state index contributed by atoms with van der Waals surface area (Å²) in [7, 11) is 1.35. The Morgan fingerprint density at radius 3 is 2.61 bits per heavy atom. The highest BCUT2D eigenvalue weighted by molar-refractivity contribution is 5.93. The molecule has 2 aromatic heterocycles. The lowest BCUT2D eigenvalue weighted by molar-refractivity contribution is 0.0343. The van der Waals surface area contributed by atoms with Crippen molar-refractivity contribution in [1.29, 1.82) is 0 Å². The second kappa shape index (κ2) is 8.36. The molecule has 2 fully saturated rings. The first kappa shape index (κ1) is 20.1. The van der Waals surface area contributed by atoms with Gasteiger partial charge in [0.05, 0.1) is 31.7 Å². The van der Waals surface area contributed by atoms with E-state index >= 15 is 0 Å². The predicted octanol–water partition coefficient (Wildman–Crippen LogP) is 3.45. The molecule has 0 atom stereocenters. The number of rotatable bonds is 5. The number of pyridine rings is 1. The van der Waals surface area contributed by atoms with Crippen LogP contribution in [0.2, 0.25) is 0 Å². The van der Waals surface area contributed by atoms with Gasteiger partial charge in [0.2, 0.25) is 0 Å². The Morgan fingerprint density at radius 2 is 1.97 bits per heavy atom. The summed E-state index contributed by atoms with van der Waals surface area (Å²) in [5.74, 6) is -0.420. The van der Waals surface area contributed by atoms with Crippen LogP contribution in [0.3, 0.4) is 0 Å². The number of carbonyl (C=O) groups excluding carboxylic acids is 1. The third kappa shape index (κ3) is 3.81. The van der Waals surface area contributed by atoms with Crippen molar-refractivity contribution in [2.45, 2.75) is 31.7 Å². The normalized spacial score (nSPS) is 17.6. The lowest BCUT2D eigenvalue weighted by atomic mass is 9.81. The van der Waals surface area contributed by atoms with E-state index in [-0.39, 0.29) is 11.5 Å². The van der Waals surface area contributed by atoms with Crippen LogP contribution < -0.4 is 0 Å². The average Bonchev–Trinajstić information content (AvgIpc) is 3.12. The van der Waals surface area contributed by atoms with Crippen LogP contribution >= 0.6 is 0 Å². The van der Waals surface area contributed by atoms with Crippen molar-refractivity contribution in [1.82, 2.24) is 19.7 Å². The highest BCUT2D eigenvalue weighted by atomic mass is 19.1. The zero-order chi connectivity index (χ0) is 21.4. The fraction of sp³-hybridized carbons (Fsp3) is 0.435. The molecule has 5 rings (SSSR count). The summed E-state index contributed by atoms with van der Waals surface area (Å²) in [6.07, 6.45) is 3.36. The third-order valence-corrected chi connectivity index (χ3v) is 6.20.